The van der Waals surface area contributed by atoms with Gasteiger partial charge in [-0.2, -0.15) is 5.10 Å². The van der Waals surface area contributed by atoms with Gasteiger partial charge in [0.15, 0.2) is 5.82 Å². The molecule has 3 heterocycles. The quantitative estimate of drug-likeness (QED) is 0.633. The van der Waals surface area contributed by atoms with Crippen LogP contribution in [0.25, 0.3) is 10.9 Å². The number of carbonyl (C=O) groups excluding carboxylic acids is 2. The predicted molar refractivity (Wildman–Crippen MR) is 96.9 cm³/mol. The third kappa shape index (κ3) is 3.03. The lowest BCUT2D eigenvalue weighted by Gasteiger charge is -2.14. The second kappa shape index (κ2) is 6.80. The Balaban J connectivity index is 1.44. The summed E-state index contributed by atoms with van der Waals surface area (Å²) in [6.45, 7) is 0.781. The average Bonchev–Trinajstić information content (AvgIpc) is 3.34. The van der Waals surface area contributed by atoms with E-state index in [4.69, 9.17) is 11.6 Å². The number of aromatic amines is 2. The third-order valence-electron chi connectivity index (χ3n) is 4.52. The number of rotatable bonds is 5. The van der Waals surface area contributed by atoms with Crippen LogP contribution in [0.4, 0.5) is 5.82 Å². The van der Waals surface area contributed by atoms with Crippen molar-refractivity contribution in [3.8, 4) is 0 Å². The first-order valence-electron chi connectivity index (χ1n) is 8.31. The van der Waals surface area contributed by atoms with E-state index >= 15 is 0 Å². The van der Waals surface area contributed by atoms with Crippen molar-refractivity contribution in [2.75, 3.05) is 18.0 Å². The topological polar surface area (TPSA) is 107 Å². The Morgan fingerprint density at radius 3 is 3.12 bits per heavy atom. The fourth-order valence-corrected chi connectivity index (χ4v) is 3.44. The third-order valence-corrected chi connectivity index (χ3v) is 4.83. The van der Waals surface area contributed by atoms with Crippen molar-refractivity contribution < 1.29 is 9.59 Å². The van der Waals surface area contributed by atoms with Gasteiger partial charge in [0.2, 0.25) is 11.8 Å². The van der Waals surface area contributed by atoms with Crippen LogP contribution in [0.15, 0.2) is 30.7 Å². The monoisotopic (exact) mass is 372 g/mol. The summed E-state index contributed by atoms with van der Waals surface area (Å²) in [5.74, 6) is -0.194. The molecule has 26 heavy (non-hydrogen) atoms. The zero-order valence-corrected chi connectivity index (χ0v) is 14.6. The largest absolute Gasteiger partial charge is 0.355 e. The number of imidazole rings is 1. The van der Waals surface area contributed by atoms with Crippen LogP contribution in [0.5, 0.6) is 0 Å². The minimum Gasteiger partial charge on any atom is -0.355 e. The summed E-state index contributed by atoms with van der Waals surface area (Å²) in [6.07, 6.45) is 4.15. The summed E-state index contributed by atoms with van der Waals surface area (Å²) in [6, 6.07) is 5.41. The second-order valence-corrected chi connectivity index (χ2v) is 6.64. The molecule has 1 aliphatic heterocycles. The molecule has 0 saturated carbocycles. The molecule has 3 aromatic rings. The fourth-order valence-electron chi connectivity index (χ4n) is 3.18. The highest BCUT2D eigenvalue weighted by atomic mass is 35.5. The number of hydrogen-bond donors (Lipinski definition) is 3. The van der Waals surface area contributed by atoms with Crippen LogP contribution in [-0.4, -0.2) is 45.1 Å². The second-order valence-electron chi connectivity index (χ2n) is 6.23. The molecule has 1 aliphatic rings. The number of halogens is 1. The molecular weight excluding hydrogens is 356 g/mol. The number of nitrogens with zero attached hydrogens (tertiary/aromatic N) is 3. The van der Waals surface area contributed by atoms with Crippen LogP contribution in [0.1, 0.15) is 12.1 Å². The van der Waals surface area contributed by atoms with Crippen molar-refractivity contribution in [3.05, 3.63) is 41.4 Å². The summed E-state index contributed by atoms with van der Waals surface area (Å²) in [5, 5.41) is 11.2. The molecule has 2 aromatic heterocycles. The molecule has 1 fully saturated rings. The first-order valence-corrected chi connectivity index (χ1v) is 8.69. The summed E-state index contributed by atoms with van der Waals surface area (Å²) < 4.78 is 0. The fraction of sp³-hybridized carbons (Fsp3) is 0.294. The highest BCUT2D eigenvalue weighted by Gasteiger charge is 2.37. The lowest BCUT2D eigenvalue weighted by atomic mass is 10.1. The first-order chi connectivity index (χ1) is 12.6. The van der Waals surface area contributed by atoms with E-state index in [2.05, 4.69) is 25.5 Å². The van der Waals surface area contributed by atoms with E-state index in [-0.39, 0.29) is 18.2 Å². The molecule has 2 amide bonds. The van der Waals surface area contributed by atoms with Crippen molar-refractivity contribution in [1.29, 1.82) is 0 Å². The Bertz CT molecular complexity index is 951. The highest BCUT2D eigenvalue weighted by Crippen LogP contribution is 2.34. The van der Waals surface area contributed by atoms with Crippen molar-refractivity contribution in [2.45, 2.75) is 12.8 Å². The van der Waals surface area contributed by atoms with Gasteiger partial charge >= 0.3 is 0 Å². The maximum absolute atomic E-state index is 12.4. The van der Waals surface area contributed by atoms with Crippen LogP contribution in [0.2, 0.25) is 5.02 Å². The molecule has 1 saturated heterocycles. The summed E-state index contributed by atoms with van der Waals surface area (Å²) in [7, 11) is 0. The number of aromatic nitrogens is 4. The number of nitrogens with one attached hydrogen (secondary N) is 3. The molecule has 9 heteroatoms. The van der Waals surface area contributed by atoms with Crippen LogP contribution in [-0.2, 0) is 16.0 Å². The zero-order chi connectivity index (χ0) is 18.1. The van der Waals surface area contributed by atoms with Gasteiger partial charge in [-0.05, 0) is 12.1 Å². The number of H-pyrrole nitrogens is 2. The maximum Gasteiger partial charge on any atom is 0.229 e. The van der Waals surface area contributed by atoms with Crippen molar-refractivity contribution in [1.82, 2.24) is 25.5 Å². The Hall–Kier alpha value is -2.87. The van der Waals surface area contributed by atoms with Crippen LogP contribution < -0.4 is 10.2 Å². The van der Waals surface area contributed by atoms with Gasteiger partial charge in [-0.25, -0.2) is 4.98 Å². The number of benzene rings is 1. The maximum atomic E-state index is 12.4. The van der Waals surface area contributed by atoms with Gasteiger partial charge in [0.05, 0.1) is 28.2 Å². The van der Waals surface area contributed by atoms with Crippen molar-refractivity contribution in [3.63, 3.8) is 0 Å². The molecule has 8 nitrogen and oxygen atoms in total. The van der Waals surface area contributed by atoms with Gasteiger partial charge in [-0.3, -0.25) is 19.6 Å². The molecule has 3 N–H and O–H groups in total. The van der Waals surface area contributed by atoms with Crippen molar-refractivity contribution >= 4 is 40.1 Å². The SMILES string of the molecule is O=C(NCCc1cnc[nH]1)C1CC(=O)N(c2n[nH]c3cccc(Cl)c23)C1. The number of carbonyl (C=O) groups is 2. The normalized spacial score (nSPS) is 17.2. The minimum absolute atomic E-state index is 0.132. The summed E-state index contributed by atoms with van der Waals surface area (Å²) >= 11 is 6.26. The lowest BCUT2D eigenvalue weighted by molar-refractivity contribution is -0.126. The standard InChI is InChI=1S/C17H17ClN6O2/c18-12-2-1-3-13-15(12)16(23-22-13)24-8-10(6-14(24)25)17(26)20-5-4-11-7-19-9-21-11/h1-3,7,9-10H,4-6,8H2,(H,19,21)(H,20,26)(H,22,23). The van der Waals surface area contributed by atoms with Gasteiger partial charge in [-0.15, -0.1) is 0 Å². The molecular formula is C17H17ClN6O2. The molecule has 0 aliphatic carbocycles. The lowest BCUT2D eigenvalue weighted by Crippen LogP contribution is -2.34. The van der Waals surface area contributed by atoms with Gasteiger partial charge in [0, 0.05) is 37.8 Å². The van der Waals surface area contributed by atoms with E-state index in [0.717, 1.165) is 11.2 Å². The Morgan fingerprint density at radius 2 is 2.31 bits per heavy atom. The van der Waals surface area contributed by atoms with Crippen LogP contribution in [0, 0.1) is 5.92 Å². The summed E-state index contributed by atoms with van der Waals surface area (Å²) in [5.41, 5.74) is 1.71. The number of anilines is 1. The zero-order valence-electron chi connectivity index (χ0n) is 13.8. The Morgan fingerprint density at radius 1 is 1.42 bits per heavy atom. The molecule has 0 spiro atoms. The van der Waals surface area contributed by atoms with Crippen LogP contribution in [0.3, 0.4) is 0 Å². The number of amides is 2. The number of fused-ring (bicyclic) bond motifs is 1. The average molecular weight is 373 g/mol. The molecule has 0 radical (unpaired) electrons. The van der Waals surface area contributed by atoms with Gasteiger partial charge in [0.1, 0.15) is 0 Å². The number of hydrogen-bond acceptors (Lipinski definition) is 4. The summed E-state index contributed by atoms with van der Waals surface area (Å²) in [4.78, 5) is 33.3. The van der Waals surface area contributed by atoms with Gasteiger partial charge < -0.3 is 10.3 Å². The van der Waals surface area contributed by atoms with E-state index < -0.39 is 5.92 Å². The molecule has 4 rings (SSSR count). The van der Waals surface area contributed by atoms with E-state index in [9.17, 15) is 9.59 Å². The van der Waals surface area contributed by atoms with Gasteiger partial charge in [0.25, 0.3) is 0 Å². The molecule has 1 unspecified atom stereocenters. The first kappa shape index (κ1) is 16.6. The van der Waals surface area contributed by atoms with E-state index in [1.807, 2.05) is 12.1 Å². The van der Waals surface area contributed by atoms with Gasteiger partial charge in [-0.1, -0.05) is 17.7 Å². The van der Waals surface area contributed by atoms with E-state index in [1.165, 1.54) is 4.90 Å². The molecule has 134 valence electrons. The predicted octanol–water partition coefficient (Wildman–Crippen LogP) is 1.65. The Labute approximate surface area is 153 Å². The van der Waals surface area contributed by atoms with Crippen LogP contribution >= 0.6 is 11.6 Å². The van der Waals surface area contributed by atoms with E-state index in [1.54, 1.807) is 18.6 Å². The molecule has 0 bridgehead atoms. The smallest absolute Gasteiger partial charge is 0.229 e. The highest BCUT2D eigenvalue weighted by molar-refractivity contribution is 6.36. The Kier molecular flexibility index (Phi) is 4.34. The molecule has 1 atom stereocenters. The van der Waals surface area contributed by atoms with E-state index in [0.29, 0.717) is 35.7 Å². The molecule has 1 aromatic carbocycles. The van der Waals surface area contributed by atoms with Crippen molar-refractivity contribution in [2.24, 2.45) is 5.92 Å². The minimum atomic E-state index is -0.404.